The number of nitrogens with one attached hydrogen (secondary N) is 1. The number of nitrogen functional groups attached to an aromatic ring is 1. The number of anilines is 2. The molecular formula is C27H24F3N5O. The summed E-state index contributed by atoms with van der Waals surface area (Å²) in [6, 6.07) is 10.5. The Kier molecular flexibility index (Phi) is 5.73. The molecule has 3 N–H and O–H groups in total. The number of piperidine rings is 1. The number of hydrogen-bond acceptors (Lipinski definition) is 6. The molecule has 36 heavy (non-hydrogen) atoms. The lowest BCUT2D eigenvalue weighted by atomic mass is 9.95. The smallest absolute Gasteiger partial charge is 0.143 e. The monoisotopic (exact) mass is 491 g/mol. The molecule has 0 amide bonds. The molecule has 2 aromatic carbocycles. The number of ether oxygens (including phenoxy) is 1. The van der Waals surface area contributed by atoms with E-state index in [1.54, 1.807) is 6.20 Å². The van der Waals surface area contributed by atoms with Crippen molar-refractivity contribution >= 4 is 22.3 Å². The average molecular weight is 492 g/mol. The van der Waals surface area contributed by atoms with Crippen LogP contribution in [-0.2, 0) is 4.74 Å². The summed E-state index contributed by atoms with van der Waals surface area (Å²) in [5.41, 5.74) is 9.95. The first-order chi connectivity index (χ1) is 17.5. The molecule has 0 saturated carbocycles. The third-order valence-electron chi connectivity index (χ3n) is 6.89. The minimum atomic E-state index is -0.661. The average Bonchev–Trinajstić information content (AvgIpc) is 2.87. The Bertz CT molecular complexity index is 1440. The second-order valence-corrected chi connectivity index (χ2v) is 9.21. The summed E-state index contributed by atoms with van der Waals surface area (Å²) in [5.74, 6) is -1.84. The Morgan fingerprint density at radius 3 is 2.58 bits per heavy atom. The minimum Gasteiger partial charge on any atom is -0.397 e. The molecule has 6 nitrogen and oxygen atoms in total. The number of halogens is 3. The van der Waals surface area contributed by atoms with Gasteiger partial charge < -0.3 is 20.7 Å². The molecule has 2 aromatic heterocycles. The number of rotatable bonds is 3. The van der Waals surface area contributed by atoms with E-state index in [1.807, 2.05) is 18.2 Å². The Morgan fingerprint density at radius 2 is 1.78 bits per heavy atom. The Hall–Kier alpha value is -3.69. The van der Waals surface area contributed by atoms with E-state index in [0.29, 0.717) is 41.1 Å². The van der Waals surface area contributed by atoms with Crippen molar-refractivity contribution in [2.45, 2.75) is 18.6 Å². The summed E-state index contributed by atoms with van der Waals surface area (Å²) in [6.07, 6.45) is 3.63. The maximum Gasteiger partial charge on any atom is 0.143 e. The van der Waals surface area contributed by atoms with Crippen molar-refractivity contribution in [2.75, 3.05) is 36.9 Å². The third kappa shape index (κ3) is 4.14. The van der Waals surface area contributed by atoms with Crippen LogP contribution >= 0.6 is 0 Å². The van der Waals surface area contributed by atoms with Crippen molar-refractivity contribution in [2.24, 2.45) is 0 Å². The molecule has 0 radical (unpaired) electrons. The molecule has 0 spiro atoms. The van der Waals surface area contributed by atoms with Gasteiger partial charge in [-0.15, -0.1) is 0 Å². The summed E-state index contributed by atoms with van der Waals surface area (Å²) >= 11 is 0. The van der Waals surface area contributed by atoms with E-state index in [1.165, 1.54) is 18.2 Å². The number of hydrogen-bond donors (Lipinski definition) is 2. The predicted octanol–water partition coefficient (Wildman–Crippen LogP) is 4.53. The number of benzene rings is 2. The number of nitrogens with two attached hydrogens (primary N) is 1. The first-order valence-corrected chi connectivity index (χ1v) is 11.9. The van der Waals surface area contributed by atoms with Crippen molar-refractivity contribution in [3.05, 3.63) is 72.3 Å². The topological polar surface area (TPSA) is 76.3 Å². The maximum absolute atomic E-state index is 14.2. The van der Waals surface area contributed by atoms with E-state index < -0.39 is 17.5 Å². The summed E-state index contributed by atoms with van der Waals surface area (Å²) < 4.78 is 48.1. The molecule has 0 bridgehead atoms. The van der Waals surface area contributed by atoms with Gasteiger partial charge in [-0.2, -0.15) is 0 Å². The fourth-order valence-electron chi connectivity index (χ4n) is 5.26. The lowest BCUT2D eigenvalue weighted by Crippen LogP contribution is -2.57. The van der Waals surface area contributed by atoms with Gasteiger partial charge in [0.2, 0.25) is 0 Å². The zero-order valence-electron chi connectivity index (χ0n) is 19.3. The first-order valence-electron chi connectivity index (χ1n) is 11.9. The van der Waals surface area contributed by atoms with Crippen LogP contribution in [0.4, 0.5) is 24.5 Å². The SMILES string of the molecule is Nc1cc(F)cnc1-c1ccc2ncc(-c3cc(F)cc(F)c3)c(N3CCC4NCCO[C@@H]4C3)c2c1. The van der Waals surface area contributed by atoms with Crippen molar-refractivity contribution in [3.8, 4) is 22.4 Å². The highest BCUT2D eigenvalue weighted by atomic mass is 19.1. The van der Waals surface area contributed by atoms with Crippen LogP contribution in [0, 0.1) is 17.5 Å². The molecule has 2 aliphatic heterocycles. The van der Waals surface area contributed by atoms with Gasteiger partial charge in [0, 0.05) is 60.5 Å². The van der Waals surface area contributed by atoms with Gasteiger partial charge in [-0.25, -0.2) is 13.2 Å². The fraction of sp³-hybridized carbons (Fsp3) is 0.259. The van der Waals surface area contributed by atoms with Gasteiger partial charge in [-0.05, 0) is 36.2 Å². The molecule has 2 aliphatic rings. The molecule has 4 heterocycles. The van der Waals surface area contributed by atoms with Gasteiger partial charge in [0.15, 0.2) is 0 Å². The van der Waals surface area contributed by atoms with E-state index in [9.17, 15) is 13.2 Å². The van der Waals surface area contributed by atoms with Crippen molar-refractivity contribution in [1.29, 1.82) is 0 Å². The molecule has 1 unspecified atom stereocenters. The quantitative estimate of drug-likeness (QED) is 0.439. The van der Waals surface area contributed by atoms with Gasteiger partial charge in [0.25, 0.3) is 0 Å². The highest BCUT2D eigenvalue weighted by Crippen LogP contribution is 2.40. The van der Waals surface area contributed by atoms with E-state index in [4.69, 9.17) is 10.5 Å². The summed E-state index contributed by atoms with van der Waals surface area (Å²) in [7, 11) is 0. The third-order valence-corrected chi connectivity index (χ3v) is 6.89. The Balaban J connectivity index is 1.55. The van der Waals surface area contributed by atoms with Crippen LogP contribution in [0.5, 0.6) is 0 Å². The molecule has 2 atom stereocenters. The van der Waals surface area contributed by atoms with Crippen molar-refractivity contribution < 1.29 is 17.9 Å². The standard InChI is InChI=1S/C27H24F3N5O/c28-17-7-16(8-18(29)10-17)21-13-33-23-2-1-15(26-22(31)11-19(30)12-34-26)9-20(23)27(21)35-5-3-24-25(14-35)36-6-4-32-24/h1-2,7-13,24-25,32H,3-6,14,31H2/t24?,25-/m1/s1. The van der Waals surface area contributed by atoms with Gasteiger partial charge in [-0.3, -0.25) is 9.97 Å². The number of pyridine rings is 2. The lowest BCUT2D eigenvalue weighted by molar-refractivity contribution is -0.00896. The number of nitrogens with zero attached hydrogens (tertiary/aromatic N) is 3. The molecule has 184 valence electrons. The second kappa shape index (κ2) is 9.07. The van der Waals surface area contributed by atoms with Crippen molar-refractivity contribution in [1.82, 2.24) is 15.3 Å². The van der Waals surface area contributed by atoms with Crippen LogP contribution in [0.25, 0.3) is 33.3 Å². The summed E-state index contributed by atoms with van der Waals surface area (Å²) in [4.78, 5) is 11.0. The first kappa shape index (κ1) is 22.8. The highest BCUT2D eigenvalue weighted by Gasteiger charge is 2.33. The molecule has 0 aliphatic carbocycles. The molecule has 2 saturated heterocycles. The van der Waals surface area contributed by atoms with Crippen LogP contribution in [0.15, 0.2) is 54.9 Å². The number of morpholine rings is 1. The fourth-order valence-corrected chi connectivity index (χ4v) is 5.26. The number of fused-ring (bicyclic) bond motifs is 2. The van der Waals surface area contributed by atoms with Crippen LogP contribution in [0.1, 0.15) is 6.42 Å². The molecule has 4 aromatic rings. The maximum atomic E-state index is 14.2. The van der Waals surface area contributed by atoms with Crippen LogP contribution in [0.3, 0.4) is 0 Å². The Labute approximate surface area is 205 Å². The van der Waals surface area contributed by atoms with E-state index in [2.05, 4.69) is 20.2 Å². The highest BCUT2D eigenvalue weighted by molar-refractivity contribution is 6.02. The van der Waals surface area contributed by atoms with E-state index >= 15 is 0 Å². The lowest BCUT2D eigenvalue weighted by Gasteiger charge is -2.43. The zero-order chi connectivity index (χ0) is 24.8. The van der Waals surface area contributed by atoms with E-state index in [0.717, 1.165) is 42.8 Å². The largest absolute Gasteiger partial charge is 0.397 e. The molecule has 2 fully saturated rings. The van der Waals surface area contributed by atoms with Gasteiger partial charge >= 0.3 is 0 Å². The Morgan fingerprint density at radius 1 is 0.944 bits per heavy atom. The van der Waals surface area contributed by atoms with Gasteiger partial charge in [-0.1, -0.05) is 6.07 Å². The van der Waals surface area contributed by atoms with E-state index in [-0.39, 0.29) is 17.8 Å². The predicted molar refractivity (Wildman–Crippen MR) is 133 cm³/mol. The summed E-state index contributed by atoms with van der Waals surface area (Å²) in [5, 5.41) is 4.30. The van der Waals surface area contributed by atoms with Crippen LogP contribution in [0.2, 0.25) is 0 Å². The van der Waals surface area contributed by atoms with Crippen molar-refractivity contribution in [3.63, 3.8) is 0 Å². The molecular weight excluding hydrogens is 467 g/mol. The van der Waals surface area contributed by atoms with Crippen LogP contribution < -0.4 is 16.0 Å². The zero-order valence-corrected chi connectivity index (χ0v) is 19.3. The second-order valence-electron chi connectivity index (χ2n) is 9.21. The summed E-state index contributed by atoms with van der Waals surface area (Å²) in [6.45, 7) is 2.79. The normalized spacial score (nSPS) is 19.9. The van der Waals surface area contributed by atoms with Crippen LogP contribution in [-0.4, -0.2) is 48.4 Å². The van der Waals surface area contributed by atoms with Gasteiger partial charge in [0.05, 0.1) is 41.5 Å². The number of aromatic nitrogens is 2. The minimum absolute atomic E-state index is 0.00889. The van der Waals surface area contributed by atoms with Gasteiger partial charge in [0.1, 0.15) is 17.5 Å². The molecule has 6 rings (SSSR count). The molecule has 9 heteroatoms.